The molecule has 4 rings (SSSR count). The molecular formula is C19H24N4O2S2. The Morgan fingerprint density at radius 1 is 1.37 bits per heavy atom. The predicted octanol–water partition coefficient (Wildman–Crippen LogP) is 3.53. The number of hydrogen-bond acceptors (Lipinski definition) is 7. The fourth-order valence-electron chi connectivity index (χ4n) is 3.73. The normalized spacial score (nSPS) is 22.9. The molecule has 144 valence electrons. The van der Waals surface area contributed by atoms with Crippen molar-refractivity contribution < 1.29 is 9.53 Å². The van der Waals surface area contributed by atoms with Crippen LogP contribution in [0.1, 0.15) is 52.5 Å². The van der Waals surface area contributed by atoms with Crippen molar-refractivity contribution in [1.29, 1.82) is 0 Å². The maximum atomic E-state index is 12.7. The van der Waals surface area contributed by atoms with Crippen molar-refractivity contribution in [1.82, 2.24) is 19.9 Å². The highest BCUT2D eigenvalue weighted by Gasteiger charge is 2.28. The lowest BCUT2D eigenvalue weighted by Gasteiger charge is -2.32. The second-order valence-electron chi connectivity index (χ2n) is 7.12. The van der Waals surface area contributed by atoms with Crippen LogP contribution in [0.3, 0.4) is 0 Å². The zero-order valence-electron chi connectivity index (χ0n) is 15.5. The fourth-order valence-corrected chi connectivity index (χ4v) is 5.20. The molecule has 4 heterocycles. The van der Waals surface area contributed by atoms with Crippen molar-refractivity contribution in [3.8, 4) is 0 Å². The molecule has 0 bridgehead atoms. The van der Waals surface area contributed by atoms with E-state index in [1.807, 2.05) is 11.1 Å². The highest BCUT2D eigenvalue weighted by molar-refractivity contribution is 7.99. The Morgan fingerprint density at radius 3 is 3.07 bits per heavy atom. The molecule has 0 N–H and O–H groups in total. The van der Waals surface area contributed by atoms with Crippen molar-refractivity contribution in [2.75, 3.05) is 25.4 Å². The molecule has 0 aromatic carbocycles. The first-order valence-electron chi connectivity index (χ1n) is 9.46. The maximum Gasteiger partial charge on any atom is 0.265 e. The zero-order chi connectivity index (χ0) is 18.6. The van der Waals surface area contributed by atoms with E-state index in [0.717, 1.165) is 61.0 Å². The van der Waals surface area contributed by atoms with E-state index >= 15 is 0 Å². The van der Waals surface area contributed by atoms with Gasteiger partial charge in [0.25, 0.3) is 5.91 Å². The summed E-state index contributed by atoms with van der Waals surface area (Å²) in [5.41, 5.74) is 3.90. The number of thiazole rings is 1. The molecule has 8 heteroatoms. The van der Waals surface area contributed by atoms with Crippen LogP contribution in [0, 0.1) is 6.92 Å². The van der Waals surface area contributed by atoms with Gasteiger partial charge in [-0.05, 0) is 38.2 Å². The van der Waals surface area contributed by atoms with Crippen molar-refractivity contribution in [2.24, 2.45) is 0 Å². The van der Waals surface area contributed by atoms with E-state index in [1.165, 1.54) is 11.3 Å². The number of aromatic nitrogens is 3. The molecule has 0 spiro atoms. The van der Waals surface area contributed by atoms with Gasteiger partial charge in [0.2, 0.25) is 0 Å². The summed E-state index contributed by atoms with van der Waals surface area (Å²) in [4.78, 5) is 28.7. The lowest BCUT2D eigenvalue weighted by Crippen LogP contribution is -2.39. The van der Waals surface area contributed by atoms with Gasteiger partial charge in [-0.25, -0.2) is 9.97 Å². The third-order valence-electron chi connectivity index (χ3n) is 5.15. The van der Waals surface area contributed by atoms with Gasteiger partial charge in [0, 0.05) is 37.6 Å². The molecule has 0 radical (unpaired) electrons. The van der Waals surface area contributed by atoms with Gasteiger partial charge in [0.15, 0.2) is 5.16 Å². The Hall–Kier alpha value is -1.51. The van der Waals surface area contributed by atoms with Gasteiger partial charge in [-0.3, -0.25) is 9.78 Å². The number of aryl methyl sites for hydroxylation is 1. The molecule has 2 fully saturated rings. The molecule has 6 nitrogen and oxygen atoms in total. The third-order valence-corrected chi connectivity index (χ3v) is 6.90. The Bertz CT molecular complexity index is 778. The number of carbonyl (C=O) groups excluding carboxylic acids is 1. The first-order valence-corrected chi connectivity index (χ1v) is 11.3. The minimum Gasteiger partial charge on any atom is -0.377 e. The Morgan fingerprint density at radius 2 is 2.30 bits per heavy atom. The number of ether oxygens (including phenoxy) is 1. The summed E-state index contributed by atoms with van der Waals surface area (Å²) in [5.74, 6) is 1.26. The molecule has 0 saturated carbocycles. The van der Waals surface area contributed by atoms with Gasteiger partial charge >= 0.3 is 0 Å². The molecule has 2 aromatic heterocycles. The fraction of sp³-hybridized carbons (Fsp3) is 0.579. The van der Waals surface area contributed by atoms with E-state index in [9.17, 15) is 4.79 Å². The van der Waals surface area contributed by atoms with Gasteiger partial charge in [0.1, 0.15) is 4.88 Å². The number of hydrogen-bond donors (Lipinski definition) is 0. The van der Waals surface area contributed by atoms with Crippen LogP contribution in [-0.2, 0) is 4.74 Å². The summed E-state index contributed by atoms with van der Waals surface area (Å²) >= 11 is 3.08. The molecule has 2 aromatic rings. The smallest absolute Gasteiger partial charge is 0.265 e. The molecule has 0 unspecified atom stereocenters. The van der Waals surface area contributed by atoms with Gasteiger partial charge < -0.3 is 9.64 Å². The minimum absolute atomic E-state index is 0.0851. The van der Waals surface area contributed by atoms with E-state index in [-0.39, 0.29) is 11.8 Å². The first-order chi connectivity index (χ1) is 13.2. The van der Waals surface area contributed by atoms with Gasteiger partial charge in [-0.15, -0.1) is 11.3 Å². The van der Waals surface area contributed by atoms with E-state index in [2.05, 4.69) is 16.9 Å². The number of thioether (sulfide) groups is 1. The Labute approximate surface area is 167 Å². The Kier molecular flexibility index (Phi) is 6.04. The predicted molar refractivity (Wildman–Crippen MR) is 106 cm³/mol. The topological polar surface area (TPSA) is 68.2 Å². The second kappa shape index (κ2) is 8.67. The monoisotopic (exact) mass is 404 g/mol. The van der Waals surface area contributed by atoms with Gasteiger partial charge in [-0.2, -0.15) is 0 Å². The standard InChI is InChI=1S/C19H24N4O2S2/c1-13-8-21-19(26-11-15-5-3-7-25-15)22-17(13)14-4-2-6-23(10-14)18(24)16-9-20-12-27-16/h8-9,12,14-15H,2-7,10-11H2,1H3/t14-,15+/m1/s1. The SMILES string of the molecule is Cc1cnc(SC[C@@H]2CCCO2)nc1[C@@H]1CCCN(C(=O)c2cncs2)C1. The molecule has 0 aliphatic carbocycles. The number of nitrogens with zero attached hydrogens (tertiary/aromatic N) is 4. The van der Waals surface area contributed by atoms with Crippen LogP contribution < -0.4 is 0 Å². The highest BCUT2D eigenvalue weighted by Crippen LogP contribution is 2.30. The molecule has 2 atom stereocenters. The van der Waals surface area contributed by atoms with Crippen LogP contribution >= 0.6 is 23.1 Å². The molecule has 2 saturated heterocycles. The zero-order valence-corrected chi connectivity index (χ0v) is 17.1. The molecule has 2 aliphatic rings. The summed E-state index contributed by atoms with van der Waals surface area (Å²) in [6.07, 6.45) is 8.23. The number of amides is 1. The summed E-state index contributed by atoms with van der Waals surface area (Å²) in [7, 11) is 0. The molecular weight excluding hydrogens is 380 g/mol. The van der Waals surface area contributed by atoms with E-state index in [1.54, 1.807) is 23.5 Å². The summed E-state index contributed by atoms with van der Waals surface area (Å²) in [5, 5.41) is 0.817. The molecule has 2 aliphatic heterocycles. The Balaban J connectivity index is 1.44. The van der Waals surface area contributed by atoms with Crippen molar-refractivity contribution in [3.05, 3.63) is 34.0 Å². The van der Waals surface area contributed by atoms with Crippen LogP contribution in [0.5, 0.6) is 0 Å². The average molecular weight is 405 g/mol. The van der Waals surface area contributed by atoms with Crippen LogP contribution in [0.25, 0.3) is 0 Å². The number of carbonyl (C=O) groups is 1. The van der Waals surface area contributed by atoms with Crippen molar-refractivity contribution in [2.45, 2.75) is 49.8 Å². The van der Waals surface area contributed by atoms with E-state index in [4.69, 9.17) is 9.72 Å². The average Bonchev–Trinajstić information content (AvgIpc) is 3.41. The van der Waals surface area contributed by atoms with Gasteiger partial charge in [0.05, 0.1) is 23.5 Å². The van der Waals surface area contributed by atoms with Crippen LogP contribution in [-0.4, -0.2) is 57.3 Å². The largest absolute Gasteiger partial charge is 0.377 e. The second-order valence-corrected chi connectivity index (χ2v) is 9.00. The first kappa shape index (κ1) is 18.8. The van der Waals surface area contributed by atoms with Crippen molar-refractivity contribution in [3.63, 3.8) is 0 Å². The van der Waals surface area contributed by atoms with Crippen LogP contribution in [0.2, 0.25) is 0 Å². The van der Waals surface area contributed by atoms with Crippen molar-refractivity contribution >= 4 is 29.0 Å². The van der Waals surface area contributed by atoms with E-state index in [0.29, 0.717) is 17.5 Å². The van der Waals surface area contributed by atoms with Crippen LogP contribution in [0.4, 0.5) is 0 Å². The number of likely N-dealkylation sites (tertiary alicyclic amines) is 1. The minimum atomic E-state index is 0.0851. The number of piperidine rings is 1. The number of rotatable bonds is 5. The van der Waals surface area contributed by atoms with E-state index < -0.39 is 0 Å². The summed E-state index contributed by atoms with van der Waals surface area (Å²) in [6.45, 7) is 4.45. The lowest BCUT2D eigenvalue weighted by molar-refractivity contribution is 0.0710. The molecule has 27 heavy (non-hydrogen) atoms. The lowest BCUT2D eigenvalue weighted by atomic mass is 9.92. The third kappa shape index (κ3) is 4.50. The summed E-state index contributed by atoms with van der Waals surface area (Å²) < 4.78 is 5.70. The quantitative estimate of drug-likeness (QED) is 0.561. The van der Waals surface area contributed by atoms with Crippen LogP contribution in [0.15, 0.2) is 23.1 Å². The summed E-state index contributed by atoms with van der Waals surface area (Å²) in [6, 6.07) is 0. The molecule has 1 amide bonds. The maximum absolute atomic E-state index is 12.7. The van der Waals surface area contributed by atoms with Gasteiger partial charge in [-0.1, -0.05) is 11.8 Å². The highest BCUT2D eigenvalue weighted by atomic mass is 32.2.